The summed E-state index contributed by atoms with van der Waals surface area (Å²) in [6.07, 6.45) is 2.77. The summed E-state index contributed by atoms with van der Waals surface area (Å²) in [5.74, 6) is 0. The van der Waals surface area contributed by atoms with Crippen LogP contribution in [0.15, 0.2) is 23.3 Å². The number of H-pyrrole nitrogens is 1. The van der Waals surface area contributed by atoms with Gasteiger partial charge in [-0.1, -0.05) is 0 Å². The van der Waals surface area contributed by atoms with Gasteiger partial charge in [-0.3, -0.25) is 14.9 Å². The fraction of sp³-hybridized carbons (Fsp3) is 0.500. The van der Waals surface area contributed by atoms with E-state index in [1.54, 1.807) is 6.07 Å². The first kappa shape index (κ1) is 16.5. The van der Waals surface area contributed by atoms with E-state index in [1.807, 2.05) is 0 Å². The predicted molar refractivity (Wildman–Crippen MR) is 91.3 cm³/mol. The van der Waals surface area contributed by atoms with Crippen LogP contribution in [0, 0.1) is 10.1 Å². The summed E-state index contributed by atoms with van der Waals surface area (Å²) in [6.45, 7) is 5.11. The average Bonchev–Trinajstić information content (AvgIpc) is 2.56. The Morgan fingerprint density at radius 3 is 2.75 bits per heavy atom. The maximum absolute atomic E-state index is 11.8. The standard InChI is InChI=1S/C16H21N5O3/c1-19-5-7-20(8-6-19)4-2-3-12-9-14-13(10-15(12)21(23)24)16(22)18-11-17-14/h9-11H,2-8H2,1H3,(H,17,18,22). The second-order valence-electron chi connectivity index (χ2n) is 6.24. The van der Waals surface area contributed by atoms with Crippen LogP contribution < -0.4 is 5.56 Å². The highest BCUT2D eigenvalue weighted by molar-refractivity contribution is 5.81. The van der Waals surface area contributed by atoms with Crippen LogP contribution in [0.25, 0.3) is 10.9 Å². The number of fused-ring (bicyclic) bond motifs is 1. The van der Waals surface area contributed by atoms with Crippen molar-refractivity contribution in [2.75, 3.05) is 39.8 Å². The molecular weight excluding hydrogens is 310 g/mol. The van der Waals surface area contributed by atoms with E-state index in [1.165, 1.54) is 12.4 Å². The second-order valence-corrected chi connectivity index (χ2v) is 6.24. The van der Waals surface area contributed by atoms with Gasteiger partial charge < -0.3 is 14.8 Å². The maximum atomic E-state index is 11.8. The molecule has 0 spiro atoms. The van der Waals surface area contributed by atoms with E-state index in [9.17, 15) is 14.9 Å². The van der Waals surface area contributed by atoms with Crippen LogP contribution in [0.2, 0.25) is 0 Å². The Labute approximate surface area is 139 Å². The van der Waals surface area contributed by atoms with Crippen molar-refractivity contribution in [3.63, 3.8) is 0 Å². The van der Waals surface area contributed by atoms with Crippen LogP contribution in [0.3, 0.4) is 0 Å². The summed E-state index contributed by atoms with van der Waals surface area (Å²) < 4.78 is 0. The molecule has 1 aliphatic rings. The molecule has 0 amide bonds. The molecule has 8 heteroatoms. The zero-order chi connectivity index (χ0) is 17.1. The van der Waals surface area contributed by atoms with E-state index in [0.29, 0.717) is 17.5 Å². The number of aryl methyl sites for hydroxylation is 1. The molecule has 1 aliphatic heterocycles. The van der Waals surface area contributed by atoms with E-state index in [-0.39, 0.29) is 16.6 Å². The number of aromatic nitrogens is 2. The van der Waals surface area contributed by atoms with Crippen LogP contribution in [0.1, 0.15) is 12.0 Å². The minimum atomic E-state index is -0.420. The zero-order valence-corrected chi connectivity index (χ0v) is 13.7. The lowest BCUT2D eigenvalue weighted by Gasteiger charge is -2.32. The lowest BCUT2D eigenvalue weighted by molar-refractivity contribution is -0.385. The highest BCUT2D eigenvalue weighted by Gasteiger charge is 2.18. The Bertz CT molecular complexity index is 796. The van der Waals surface area contributed by atoms with Crippen LogP contribution in [-0.4, -0.2) is 64.5 Å². The molecule has 0 unspecified atom stereocenters. The summed E-state index contributed by atoms with van der Waals surface area (Å²) >= 11 is 0. The van der Waals surface area contributed by atoms with Gasteiger partial charge in [-0.25, -0.2) is 4.98 Å². The monoisotopic (exact) mass is 331 g/mol. The number of nitro groups is 1. The van der Waals surface area contributed by atoms with Crippen molar-refractivity contribution in [3.05, 3.63) is 44.5 Å². The van der Waals surface area contributed by atoms with Gasteiger partial charge in [0.1, 0.15) is 0 Å². The smallest absolute Gasteiger partial charge is 0.273 e. The molecule has 1 aromatic carbocycles. The van der Waals surface area contributed by atoms with Gasteiger partial charge in [0, 0.05) is 37.8 Å². The van der Waals surface area contributed by atoms with Gasteiger partial charge in [-0.05, 0) is 32.5 Å². The summed E-state index contributed by atoms with van der Waals surface area (Å²) in [7, 11) is 2.12. The van der Waals surface area contributed by atoms with Crippen molar-refractivity contribution in [1.82, 2.24) is 19.8 Å². The normalized spacial score (nSPS) is 16.5. The summed E-state index contributed by atoms with van der Waals surface area (Å²) in [6, 6.07) is 3.01. The molecule has 1 N–H and O–H groups in total. The average molecular weight is 331 g/mol. The van der Waals surface area contributed by atoms with Gasteiger partial charge in [0.2, 0.25) is 0 Å². The molecule has 3 rings (SSSR count). The Hall–Kier alpha value is -2.32. The van der Waals surface area contributed by atoms with E-state index < -0.39 is 4.92 Å². The topological polar surface area (TPSA) is 95.4 Å². The van der Waals surface area contributed by atoms with Crippen molar-refractivity contribution in [2.24, 2.45) is 0 Å². The SMILES string of the molecule is CN1CCN(CCCc2cc3nc[nH]c(=O)c3cc2[N+](=O)[O-])CC1. The van der Waals surface area contributed by atoms with Crippen LogP contribution in [0.4, 0.5) is 5.69 Å². The molecule has 2 aromatic rings. The number of benzene rings is 1. The fourth-order valence-corrected chi connectivity index (χ4v) is 3.08. The van der Waals surface area contributed by atoms with Crippen molar-refractivity contribution in [2.45, 2.75) is 12.8 Å². The number of hydrogen-bond donors (Lipinski definition) is 1. The molecule has 1 fully saturated rings. The summed E-state index contributed by atoms with van der Waals surface area (Å²) in [5, 5.41) is 11.6. The maximum Gasteiger partial charge on any atom is 0.273 e. The Kier molecular flexibility index (Phi) is 4.86. The van der Waals surface area contributed by atoms with Gasteiger partial charge in [0.25, 0.3) is 11.2 Å². The van der Waals surface area contributed by atoms with Gasteiger partial charge in [-0.15, -0.1) is 0 Å². The molecule has 128 valence electrons. The van der Waals surface area contributed by atoms with E-state index in [2.05, 4.69) is 26.8 Å². The first-order valence-corrected chi connectivity index (χ1v) is 8.10. The number of rotatable bonds is 5. The molecule has 0 aliphatic carbocycles. The summed E-state index contributed by atoms with van der Waals surface area (Å²) in [4.78, 5) is 33.9. The molecule has 2 heterocycles. The minimum Gasteiger partial charge on any atom is -0.313 e. The van der Waals surface area contributed by atoms with Gasteiger partial charge in [-0.2, -0.15) is 0 Å². The number of nitrogens with zero attached hydrogens (tertiary/aromatic N) is 4. The second kappa shape index (κ2) is 7.06. The van der Waals surface area contributed by atoms with E-state index in [0.717, 1.165) is 39.1 Å². The molecule has 0 bridgehead atoms. The molecule has 0 radical (unpaired) electrons. The zero-order valence-electron chi connectivity index (χ0n) is 13.7. The molecule has 1 saturated heterocycles. The van der Waals surface area contributed by atoms with Crippen LogP contribution in [0.5, 0.6) is 0 Å². The molecule has 24 heavy (non-hydrogen) atoms. The predicted octanol–water partition coefficient (Wildman–Crippen LogP) is 1.01. The van der Waals surface area contributed by atoms with E-state index in [4.69, 9.17) is 0 Å². The third-order valence-corrected chi connectivity index (χ3v) is 4.55. The number of piperazine rings is 1. The number of aromatic amines is 1. The van der Waals surface area contributed by atoms with E-state index >= 15 is 0 Å². The highest BCUT2D eigenvalue weighted by Crippen LogP contribution is 2.24. The number of nitro benzene ring substituents is 1. The van der Waals surface area contributed by atoms with Crippen molar-refractivity contribution in [3.8, 4) is 0 Å². The largest absolute Gasteiger partial charge is 0.313 e. The minimum absolute atomic E-state index is 0.000576. The van der Waals surface area contributed by atoms with Gasteiger partial charge in [0.15, 0.2) is 0 Å². The first-order chi connectivity index (χ1) is 11.5. The first-order valence-electron chi connectivity index (χ1n) is 8.10. The van der Waals surface area contributed by atoms with Crippen LogP contribution >= 0.6 is 0 Å². The number of likely N-dealkylation sites (N-methyl/N-ethyl adjacent to an activating group) is 1. The lowest BCUT2D eigenvalue weighted by Crippen LogP contribution is -2.44. The number of hydrogen-bond acceptors (Lipinski definition) is 6. The third kappa shape index (κ3) is 3.60. The Morgan fingerprint density at radius 2 is 2.04 bits per heavy atom. The Balaban J connectivity index is 1.74. The van der Waals surface area contributed by atoms with Gasteiger partial charge in [0.05, 0.1) is 22.2 Å². The van der Waals surface area contributed by atoms with Crippen molar-refractivity contribution < 1.29 is 4.92 Å². The highest BCUT2D eigenvalue weighted by atomic mass is 16.6. The molecule has 1 aromatic heterocycles. The van der Waals surface area contributed by atoms with Gasteiger partial charge >= 0.3 is 0 Å². The Morgan fingerprint density at radius 1 is 1.29 bits per heavy atom. The molecule has 0 atom stereocenters. The molecule has 8 nitrogen and oxygen atoms in total. The lowest BCUT2D eigenvalue weighted by atomic mass is 10.0. The third-order valence-electron chi connectivity index (χ3n) is 4.55. The van der Waals surface area contributed by atoms with Crippen LogP contribution in [-0.2, 0) is 6.42 Å². The summed E-state index contributed by atoms with van der Waals surface area (Å²) in [5.41, 5.74) is 0.783. The number of nitrogens with one attached hydrogen (secondary N) is 1. The fourth-order valence-electron chi connectivity index (χ4n) is 3.08. The quantitative estimate of drug-likeness (QED) is 0.649. The van der Waals surface area contributed by atoms with Crippen molar-refractivity contribution >= 4 is 16.6 Å². The molecular formula is C16H21N5O3. The molecule has 0 saturated carbocycles. The van der Waals surface area contributed by atoms with Crippen molar-refractivity contribution in [1.29, 1.82) is 0 Å².